The van der Waals surface area contributed by atoms with E-state index in [0.717, 1.165) is 49.7 Å². The fourth-order valence-corrected chi connectivity index (χ4v) is 2.93. The molecule has 1 heterocycles. The molecule has 1 aromatic carbocycles. The van der Waals surface area contributed by atoms with Crippen LogP contribution in [0.25, 0.3) is 0 Å². The molecule has 0 unspecified atom stereocenters. The maximum atomic E-state index is 11.8. The first-order chi connectivity index (χ1) is 11.6. The highest BCUT2D eigenvalue weighted by molar-refractivity contribution is 5.73. The number of ether oxygens (including phenoxy) is 2. The van der Waals surface area contributed by atoms with Crippen molar-refractivity contribution in [3.63, 3.8) is 0 Å². The summed E-state index contributed by atoms with van der Waals surface area (Å²) >= 11 is 0. The smallest absolute Gasteiger partial charge is 0.314 e. The largest absolute Gasteiger partial charge is 0.491 e. The van der Waals surface area contributed by atoms with Gasteiger partial charge in [0.2, 0.25) is 0 Å². The molecule has 0 radical (unpaired) electrons. The normalized spacial score (nSPS) is 15.1. The van der Waals surface area contributed by atoms with Gasteiger partial charge in [-0.1, -0.05) is 17.7 Å². The average molecular weight is 335 g/mol. The van der Waals surface area contributed by atoms with Gasteiger partial charge in [0.05, 0.1) is 19.8 Å². The number of amides is 2. The van der Waals surface area contributed by atoms with Crippen molar-refractivity contribution in [2.24, 2.45) is 0 Å². The van der Waals surface area contributed by atoms with Gasteiger partial charge >= 0.3 is 6.03 Å². The summed E-state index contributed by atoms with van der Waals surface area (Å²) in [5, 5.41) is 5.69. The SMILES string of the molecule is Cc1cc(C)c(OCCNC(=O)NCCN2CCOCC2)c(C)c1. The Morgan fingerprint density at radius 3 is 2.42 bits per heavy atom. The molecule has 1 aromatic rings. The molecule has 2 amide bonds. The third-order valence-corrected chi connectivity index (χ3v) is 4.06. The predicted molar refractivity (Wildman–Crippen MR) is 94.8 cm³/mol. The summed E-state index contributed by atoms with van der Waals surface area (Å²) in [6.45, 7) is 12.0. The number of nitrogens with zero attached hydrogens (tertiary/aromatic N) is 1. The quantitative estimate of drug-likeness (QED) is 0.744. The summed E-state index contributed by atoms with van der Waals surface area (Å²) in [5.74, 6) is 0.912. The van der Waals surface area contributed by atoms with Crippen molar-refractivity contribution in [3.05, 3.63) is 28.8 Å². The van der Waals surface area contributed by atoms with E-state index >= 15 is 0 Å². The number of rotatable bonds is 7. The topological polar surface area (TPSA) is 62.8 Å². The molecule has 6 nitrogen and oxygen atoms in total. The van der Waals surface area contributed by atoms with E-state index < -0.39 is 0 Å². The van der Waals surface area contributed by atoms with E-state index in [2.05, 4.69) is 34.6 Å². The molecular weight excluding hydrogens is 306 g/mol. The third kappa shape index (κ3) is 6.02. The maximum Gasteiger partial charge on any atom is 0.314 e. The minimum Gasteiger partial charge on any atom is -0.491 e. The predicted octanol–water partition coefficient (Wildman–Crippen LogP) is 1.62. The van der Waals surface area contributed by atoms with E-state index in [0.29, 0.717) is 19.7 Å². The monoisotopic (exact) mass is 335 g/mol. The zero-order chi connectivity index (χ0) is 17.4. The summed E-state index contributed by atoms with van der Waals surface area (Å²) in [6.07, 6.45) is 0. The van der Waals surface area contributed by atoms with Crippen LogP contribution in [-0.2, 0) is 4.74 Å². The van der Waals surface area contributed by atoms with Crippen LogP contribution in [0.4, 0.5) is 4.79 Å². The molecule has 0 atom stereocenters. The highest BCUT2D eigenvalue weighted by Gasteiger charge is 2.10. The second kappa shape index (κ2) is 9.49. The highest BCUT2D eigenvalue weighted by atomic mass is 16.5. The van der Waals surface area contributed by atoms with E-state index in [9.17, 15) is 4.79 Å². The third-order valence-electron chi connectivity index (χ3n) is 4.06. The van der Waals surface area contributed by atoms with Crippen LogP contribution in [0.5, 0.6) is 5.75 Å². The van der Waals surface area contributed by atoms with Gasteiger partial charge in [-0.15, -0.1) is 0 Å². The summed E-state index contributed by atoms with van der Waals surface area (Å²) in [7, 11) is 0. The zero-order valence-corrected chi connectivity index (χ0v) is 15.0. The number of nitrogens with one attached hydrogen (secondary N) is 2. The lowest BCUT2D eigenvalue weighted by Gasteiger charge is -2.26. The number of morpholine rings is 1. The Bertz CT molecular complexity index is 519. The minimum absolute atomic E-state index is 0.149. The average Bonchev–Trinajstić information content (AvgIpc) is 2.54. The van der Waals surface area contributed by atoms with Gasteiger partial charge in [-0.3, -0.25) is 4.90 Å². The molecule has 0 saturated carbocycles. The number of carbonyl (C=O) groups excluding carboxylic acids is 1. The molecule has 134 valence electrons. The standard InChI is InChI=1S/C18H29N3O3/c1-14-12-15(2)17(16(3)13-14)24-9-5-20-18(22)19-4-6-21-7-10-23-11-8-21/h12-13H,4-11H2,1-3H3,(H2,19,20,22). The molecule has 0 aliphatic carbocycles. The van der Waals surface area contributed by atoms with Gasteiger partial charge in [0, 0.05) is 26.2 Å². The summed E-state index contributed by atoms with van der Waals surface area (Å²) in [5.41, 5.74) is 3.49. The first-order valence-electron chi connectivity index (χ1n) is 8.58. The molecule has 0 aromatic heterocycles. The molecule has 0 spiro atoms. The lowest BCUT2D eigenvalue weighted by Crippen LogP contribution is -2.44. The van der Waals surface area contributed by atoms with Crippen molar-refractivity contribution < 1.29 is 14.3 Å². The van der Waals surface area contributed by atoms with Gasteiger partial charge in [-0.25, -0.2) is 4.79 Å². The Balaban J connectivity index is 1.59. The van der Waals surface area contributed by atoms with Crippen molar-refractivity contribution in [2.75, 3.05) is 52.5 Å². The van der Waals surface area contributed by atoms with Crippen LogP contribution < -0.4 is 15.4 Å². The molecule has 6 heteroatoms. The Morgan fingerprint density at radius 2 is 1.75 bits per heavy atom. The van der Waals surface area contributed by atoms with Gasteiger partial charge in [-0.05, 0) is 31.9 Å². The second-order valence-corrected chi connectivity index (χ2v) is 6.21. The van der Waals surface area contributed by atoms with Crippen molar-refractivity contribution in [2.45, 2.75) is 20.8 Å². The molecular formula is C18H29N3O3. The van der Waals surface area contributed by atoms with Gasteiger partial charge < -0.3 is 20.1 Å². The van der Waals surface area contributed by atoms with Crippen LogP contribution in [0.2, 0.25) is 0 Å². The van der Waals surface area contributed by atoms with Gasteiger partial charge in [0.15, 0.2) is 0 Å². The molecule has 1 aliphatic rings. The van der Waals surface area contributed by atoms with Crippen LogP contribution in [0.15, 0.2) is 12.1 Å². The van der Waals surface area contributed by atoms with Gasteiger partial charge in [0.1, 0.15) is 12.4 Å². The Labute approximate surface area is 144 Å². The lowest BCUT2D eigenvalue weighted by atomic mass is 10.1. The fraction of sp³-hybridized carbons (Fsp3) is 0.611. The minimum atomic E-state index is -0.149. The summed E-state index contributed by atoms with van der Waals surface area (Å²) < 4.78 is 11.1. The number of benzene rings is 1. The van der Waals surface area contributed by atoms with Crippen LogP contribution in [-0.4, -0.2) is 63.5 Å². The molecule has 2 N–H and O–H groups in total. The van der Waals surface area contributed by atoms with Gasteiger partial charge in [0.25, 0.3) is 0 Å². The first kappa shape index (κ1) is 18.5. The number of urea groups is 1. The second-order valence-electron chi connectivity index (χ2n) is 6.21. The van der Waals surface area contributed by atoms with E-state index in [1.165, 1.54) is 5.56 Å². The van der Waals surface area contributed by atoms with Crippen molar-refractivity contribution in [1.82, 2.24) is 15.5 Å². The van der Waals surface area contributed by atoms with Crippen LogP contribution in [0.3, 0.4) is 0 Å². The first-order valence-corrected chi connectivity index (χ1v) is 8.58. The summed E-state index contributed by atoms with van der Waals surface area (Å²) in [6, 6.07) is 4.06. The van der Waals surface area contributed by atoms with Crippen LogP contribution in [0.1, 0.15) is 16.7 Å². The number of hydrogen-bond acceptors (Lipinski definition) is 4. The highest BCUT2D eigenvalue weighted by Crippen LogP contribution is 2.24. The number of aryl methyl sites for hydroxylation is 3. The molecule has 1 saturated heterocycles. The van der Waals surface area contributed by atoms with Crippen molar-refractivity contribution in [1.29, 1.82) is 0 Å². The van der Waals surface area contributed by atoms with E-state index in [-0.39, 0.29) is 6.03 Å². The fourth-order valence-electron chi connectivity index (χ4n) is 2.93. The molecule has 1 aliphatic heterocycles. The van der Waals surface area contributed by atoms with E-state index in [1.54, 1.807) is 0 Å². The number of hydrogen-bond donors (Lipinski definition) is 2. The van der Waals surface area contributed by atoms with Crippen LogP contribution in [0, 0.1) is 20.8 Å². The van der Waals surface area contributed by atoms with Gasteiger partial charge in [-0.2, -0.15) is 0 Å². The van der Waals surface area contributed by atoms with Crippen molar-refractivity contribution in [3.8, 4) is 5.75 Å². The van der Waals surface area contributed by atoms with Crippen molar-refractivity contribution >= 4 is 6.03 Å². The molecule has 24 heavy (non-hydrogen) atoms. The molecule has 2 rings (SSSR count). The summed E-state index contributed by atoms with van der Waals surface area (Å²) in [4.78, 5) is 14.0. The Hall–Kier alpha value is -1.79. The Morgan fingerprint density at radius 1 is 1.12 bits per heavy atom. The van der Waals surface area contributed by atoms with E-state index in [4.69, 9.17) is 9.47 Å². The Kier molecular flexibility index (Phi) is 7.34. The molecule has 1 fully saturated rings. The molecule has 0 bridgehead atoms. The lowest BCUT2D eigenvalue weighted by molar-refractivity contribution is 0.0387. The maximum absolute atomic E-state index is 11.8. The van der Waals surface area contributed by atoms with Crippen LogP contribution >= 0.6 is 0 Å². The number of carbonyl (C=O) groups is 1. The zero-order valence-electron chi connectivity index (χ0n) is 15.0. The van der Waals surface area contributed by atoms with E-state index in [1.807, 2.05) is 13.8 Å².